The molecule has 1 aliphatic heterocycles. The number of amides is 1. The summed E-state index contributed by atoms with van der Waals surface area (Å²) in [7, 11) is 1.11. The topological polar surface area (TPSA) is 159 Å². The monoisotopic (exact) mass is 546 g/mol. The van der Waals surface area contributed by atoms with E-state index in [1.165, 1.54) is 24.3 Å². The first-order chi connectivity index (χ1) is 18.4. The third kappa shape index (κ3) is 5.73. The lowest BCUT2D eigenvalue weighted by atomic mass is 9.90. The number of aliphatic carboxylic acids is 2. The molecule has 14 heteroatoms. The summed E-state index contributed by atoms with van der Waals surface area (Å²) in [5.74, 6) is -5.00. The van der Waals surface area contributed by atoms with E-state index >= 15 is 0 Å². The first-order valence-corrected chi connectivity index (χ1v) is 11.5. The number of ether oxygens (including phenoxy) is 1. The average Bonchev–Trinajstić information content (AvgIpc) is 2.91. The van der Waals surface area contributed by atoms with Crippen LogP contribution in [0, 0.1) is 5.92 Å². The molecule has 0 aliphatic carbocycles. The zero-order chi connectivity index (χ0) is 28.5. The number of nitrogens with zero attached hydrogens (tertiary/aromatic N) is 3. The van der Waals surface area contributed by atoms with Crippen LogP contribution < -0.4 is 5.32 Å². The first-order valence-electron chi connectivity index (χ1n) is 11.5. The van der Waals surface area contributed by atoms with Crippen LogP contribution in [0.4, 0.5) is 24.7 Å². The van der Waals surface area contributed by atoms with Gasteiger partial charge in [0.2, 0.25) is 0 Å². The molecule has 204 valence electrons. The van der Waals surface area contributed by atoms with Crippen LogP contribution in [0.25, 0.3) is 11.0 Å². The molecule has 2 atom stereocenters. The van der Waals surface area contributed by atoms with E-state index in [9.17, 15) is 42.6 Å². The van der Waals surface area contributed by atoms with Crippen LogP contribution >= 0.6 is 0 Å². The number of benzene rings is 2. The van der Waals surface area contributed by atoms with Gasteiger partial charge >= 0.3 is 24.1 Å². The maximum atomic E-state index is 13.2. The highest BCUT2D eigenvalue weighted by Gasteiger charge is 2.39. The van der Waals surface area contributed by atoms with Crippen molar-refractivity contribution in [1.29, 1.82) is 0 Å². The van der Waals surface area contributed by atoms with E-state index in [-0.39, 0.29) is 53.2 Å². The number of alkyl halides is 3. The van der Waals surface area contributed by atoms with Crippen molar-refractivity contribution in [3.63, 3.8) is 0 Å². The number of aromatic nitrogens is 2. The minimum absolute atomic E-state index is 0.0366. The van der Waals surface area contributed by atoms with Crippen LogP contribution in [0.3, 0.4) is 0 Å². The number of hydrogen-bond donors (Lipinski definition) is 3. The van der Waals surface area contributed by atoms with Crippen LogP contribution in [0.15, 0.2) is 42.5 Å². The Bertz CT molecular complexity index is 1460. The molecule has 39 heavy (non-hydrogen) atoms. The normalized spacial score (nSPS) is 17.5. The quantitative estimate of drug-likeness (QED) is 0.390. The molecule has 2 aromatic carbocycles. The van der Waals surface area contributed by atoms with Crippen LogP contribution in [-0.2, 0) is 20.5 Å². The Balaban J connectivity index is 1.61. The van der Waals surface area contributed by atoms with Gasteiger partial charge in [0.05, 0.1) is 29.6 Å². The number of piperidine rings is 1. The maximum Gasteiger partial charge on any atom is 0.416 e. The Morgan fingerprint density at radius 1 is 1.00 bits per heavy atom. The van der Waals surface area contributed by atoms with Crippen molar-refractivity contribution in [3.8, 4) is 0 Å². The van der Waals surface area contributed by atoms with Crippen molar-refractivity contribution >= 4 is 46.4 Å². The number of likely N-dealkylation sites (tertiary alicyclic amines) is 1. The maximum absolute atomic E-state index is 13.2. The summed E-state index contributed by atoms with van der Waals surface area (Å²) in [6.45, 7) is -0.0537. The second kappa shape index (κ2) is 10.6. The Kier molecular flexibility index (Phi) is 7.38. The van der Waals surface area contributed by atoms with Gasteiger partial charge in [-0.15, -0.1) is 0 Å². The fourth-order valence-corrected chi connectivity index (χ4v) is 4.22. The van der Waals surface area contributed by atoms with E-state index in [1.54, 1.807) is 0 Å². The lowest BCUT2D eigenvalue weighted by Crippen LogP contribution is -2.51. The van der Waals surface area contributed by atoms with Crippen LogP contribution in [0.5, 0.6) is 0 Å². The summed E-state index contributed by atoms with van der Waals surface area (Å²) < 4.78 is 44.2. The molecule has 2 heterocycles. The van der Waals surface area contributed by atoms with Gasteiger partial charge in [-0.3, -0.25) is 9.59 Å². The number of nitrogens with one attached hydrogen (secondary N) is 1. The molecule has 3 aromatic rings. The summed E-state index contributed by atoms with van der Waals surface area (Å²) in [5, 5.41) is 21.5. The third-order valence-corrected chi connectivity index (χ3v) is 6.26. The Morgan fingerprint density at radius 3 is 2.28 bits per heavy atom. The summed E-state index contributed by atoms with van der Waals surface area (Å²) >= 11 is 0. The molecule has 11 nitrogen and oxygen atoms in total. The molecular weight excluding hydrogens is 525 g/mol. The lowest BCUT2D eigenvalue weighted by molar-refractivity contribution is -0.149. The minimum atomic E-state index is -4.62. The number of hydrogen-bond acceptors (Lipinski definition) is 8. The standard InChI is InChI=1S/C25H21F3N4O7/c1-39-24(38)19-20(31-17-11-14(25(26,27)28)4-7-16(17)30-19)29-15-5-2-12(3-6-15)21(33)32-9-8-13(22(34)35)10-18(32)23(36)37/h2-7,11,13,18H,8-10H2,1H3,(H,29,31)(H,34,35)(H,36,37). The predicted octanol–water partition coefficient (Wildman–Crippen LogP) is 3.57. The highest BCUT2D eigenvalue weighted by atomic mass is 19.4. The van der Waals surface area contributed by atoms with Crippen molar-refractivity contribution in [2.75, 3.05) is 19.0 Å². The number of halogens is 3. The Labute approximate surface area is 218 Å². The van der Waals surface area contributed by atoms with Crippen molar-refractivity contribution < 1.29 is 47.3 Å². The van der Waals surface area contributed by atoms with E-state index in [2.05, 4.69) is 15.3 Å². The molecule has 1 fully saturated rings. The first kappa shape index (κ1) is 27.3. The van der Waals surface area contributed by atoms with Crippen LogP contribution in [0.1, 0.15) is 39.3 Å². The molecule has 0 saturated carbocycles. The SMILES string of the molecule is COC(=O)c1nc2ccc(C(F)(F)F)cc2nc1Nc1ccc(C(=O)N2CCC(C(=O)O)CC2C(=O)O)cc1. The van der Waals surface area contributed by atoms with Gasteiger partial charge in [0.15, 0.2) is 11.5 Å². The van der Waals surface area contributed by atoms with Gasteiger partial charge in [-0.05, 0) is 55.3 Å². The Hall–Kier alpha value is -4.75. The van der Waals surface area contributed by atoms with Crippen molar-refractivity contribution in [1.82, 2.24) is 14.9 Å². The van der Waals surface area contributed by atoms with Crippen LogP contribution in [0.2, 0.25) is 0 Å². The largest absolute Gasteiger partial charge is 0.481 e. The van der Waals surface area contributed by atoms with E-state index < -0.39 is 47.5 Å². The highest BCUT2D eigenvalue weighted by Crippen LogP contribution is 2.32. The second-order valence-electron chi connectivity index (χ2n) is 8.73. The number of carbonyl (C=O) groups is 4. The number of carbonyl (C=O) groups excluding carboxylic acids is 2. The van der Waals surface area contributed by atoms with Gasteiger partial charge in [-0.25, -0.2) is 19.6 Å². The molecule has 1 saturated heterocycles. The molecule has 1 amide bonds. The molecule has 4 rings (SSSR count). The molecule has 1 aromatic heterocycles. The molecule has 2 unspecified atom stereocenters. The number of carboxylic acid groups (broad SMARTS) is 2. The molecule has 0 bridgehead atoms. The molecule has 3 N–H and O–H groups in total. The lowest BCUT2D eigenvalue weighted by Gasteiger charge is -2.35. The molecule has 0 spiro atoms. The van der Waals surface area contributed by atoms with E-state index in [0.29, 0.717) is 0 Å². The predicted molar refractivity (Wildman–Crippen MR) is 128 cm³/mol. The van der Waals surface area contributed by atoms with Crippen LogP contribution in [-0.4, -0.2) is 68.6 Å². The number of fused-ring (bicyclic) bond motifs is 1. The minimum Gasteiger partial charge on any atom is -0.481 e. The fraction of sp³-hybridized carbons (Fsp3) is 0.280. The number of anilines is 2. The van der Waals surface area contributed by atoms with E-state index in [4.69, 9.17) is 4.74 Å². The highest BCUT2D eigenvalue weighted by molar-refractivity contribution is 5.98. The van der Waals surface area contributed by atoms with Gasteiger partial charge in [0.1, 0.15) is 6.04 Å². The van der Waals surface area contributed by atoms with Crippen molar-refractivity contribution in [3.05, 3.63) is 59.3 Å². The summed E-state index contributed by atoms with van der Waals surface area (Å²) in [4.78, 5) is 57.6. The molecular formula is C25H21F3N4O7. The van der Waals surface area contributed by atoms with Gasteiger partial charge in [0, 0.05) is 17.8 Å². The van der Waals surface area contributed by atoms with E-state index in [1.807, 2.05) is 0 Å². The number of esters is 1. The van der Waals surface area contributed by atoms with Crippen molar-refractivity contribution in [2.24, 2.45) is 5.92 Å². The summed E-state index contributed by atoms with van der Waals surface area (Å²) in [6, 6.07) is 7.00. The van der Waals surface area contributed by atoms with Gasteiger partial charge in [-0.1, -0.05) is 0 Å². The van der Waals surface area contributed by atoms with Gasteiger partial charge in [-0.2, -0.15) is 13.2 Å². The summed E-state index contributed by atoms with van der Waals surface area (Å²) in [6.07, 6.45) is -4.73. The summed E-state index contributed by atoms with van der Waals surface area (Å²) in [5.41, 5.74) is -0.915. The smallest absolute Gasteiger partial charge is 0.416 e. The fourth-order valence-electron chi connectivity index (χ4n) is 4.22. The number of carboxylic acids is 2. The second-order valence-corrected chi connectivity index (χ2v) is 8.73. The molecule has 1 aliphatic rings. The van der Waals surface area contributed by atoms with Crippen molar-refractivity contribution in [2.45, 2.75) is 25.1 Å². The van der Waals surface area contributed by atoms with Gasteiger partial charge < -0.3 is 25.2 Å². The van der Waals surface area contributed by atoms with E-state index in [0.717, 1.165) is 30.2 Å². The molecule has 0 radical (unpaired) electrons. The van der Waals surface area contributed by atoms with Gasteiger partial charge in [0.25, 0.3) is 5.91 Å². The zero-order valence-electron chi connectivity index (χ0n) is 20.2. The Morgan fingerprint density at radius 2 is 1.69 bits per heavy atom. The number of methoxy groups -OCH3 is 1. The zero-order valence-corrected chi connectivity index (χ0v) is 20.2. The average molecular weight is 546 g/mol. The third-order valence-electron chi connectivity index (χ3n) is 6.26. The number of rotatable bonds is 6.